The third-order valence-electron chi connectivity index (χ3n) is 2.69. The predicted octanol–water partition coefficient (Wildman–Crippen LogP) is 1.07. The Bertz CT molecular complexity index is 422. The van der Waals surface area contributed by atoms with E-state index in [1.165, 1.54) is 0 Å². The maximum Gasteiger partial charge on any atom is 0.248 e. The smallest absolute Gasteiger partial charge is 0.248 e. The normalized spacial score (nSPS) is 19.1. The maximum absolute atomic E-state index is 11.9. The molecule has 0 saturated heterocycles. The van der Waals surface area contributed by atoms with E-state index in [1.807, 2.05) is 0 Å². The molecule has 0 bridgehead atoms. The monoisotopic (exact) mass is 240 g/mol. The second-order valence-electron chi connectivity index (χ2n) is 3.75. The molecule has 1 unspecified atom stereocenters. The summed E-state index contributed by atoms with van der Waals surface area (Å²) in [5, 5.41) is 9.36. The van der Waals surface area contributed by atoms with Crippen molar-refractivity contribution >= 4 is 23.2 Å². The van der Waals surface area contributed by atoms with Crippen LogP contribution in [0.15, 0.2) is 18.2 Å². The summed E-state index contributed by atoms with van der Waals surface area (Å²) in [5.74, 6) is -0.134. The highest BCUT2D eigenvalue weighted by atomic mass is 35.5. The number of nitrogens with zero attached hydrogens (tertiary/aromatic N) is 1. The lowest BCUT2D eigenvalue weighted by molar-refractivity contribution is -0.119. The van der Waals surface area contributed by atoms with Crippen LogP contribution in [-0.4, -0.2) is 24.2 Å². The molecule has 0 spiro atoms. The minimum Gasteiger partial charge on any atom is -0.396 e. The predicted molar refractivity (Wildman–Crippen MR) is 62.4 cm³/mol. The molecule has 4 nitrogen and oxygen atoms in total. The van der Waals surface area contributed by atoms with Crippen molar-refractivity contribution in [3.8, 4) is 0 Å². The van der Waals surface area contributed by atoms with Gasteiger partial charge in [-0.25, -0.2) is 0 Å². The van der Waals surface area contributed by atoms with E-state index < -0.39 is 6.04 Å². The Labute approximate surface area is 98.6 Å². The van der Waals surface area contributed by atoms with Gasteiger partial charge in [0.15, 0.2) is 0 Å². The van der Waals surface area contributed by atoms with E-state index in [4.69, 9.17) is 22.4 Å². The van der Waals surface area contributed by atoms with Crippen molar-refractivity contribution < 1.29 is 9.90 Å². The molecule has 1 atom stereocenters. The van der Waals surface area contributed by atoms with Crippen LogP contribution in [0.3, 0.4) is 0 Å². The minimum absolute atomic E-state index is 0.0575. The molecule has 1 aromatic carbocycles. The summed E-state index contributed by atoms with van der Waals surface area (Å²) >= 11 is 5.86. The van der Waals surface area contributed by atoms with E-state index >= 15 is 0 Å². The van der Waals surface area contributed by atoms with Crippen molar-refractivity contribution in [3.63, 3.8) is 0 Å². The molecule has 1 heterocycles. The summed E-state index contributed by atoms with van der Waals surface area (Å²) in [6.45, 7) is 0.541. The van der Waals surface area contributed by atoms with Crippen LogP contribution in [0.5, 0.6) is 0 Å². The largest absolute Gasteiger partial charge is 0.396 e. The van der Waals surface area contributed by atoms with E-state index in [1.54, 1.807) is 23.1 Å². The van der Waals surface area contributed by atoms with Gasteiger partial charge in [0.25, 0.3) is 0 Å². The zero-order chi connectivity index (χ0) is 11.7. The average Bonchev–Trinajstić information content (AvgIpc) is 2.50. The van der Waals surface area contributed by atoms with Crippen molar-refractivity contribution in [3.05, 3.63) is 28.8 Å². The number of rotatable bonds is 3. The molecule has 86 valence electrons. The zero-order valence-electron chi connectivity index (χ0n) is 8.69. The van der Waals surface area contributed by atoms with Crippen molar-refractivity contribution in [2.75, 3.05) is 18.1 Å². The maximum atomic E-state index is 11.9. The Morgan fingerprint density at radius 2 is 2.25 bits per heavy atom. The van der Waals surface area contributed by atoms with E-state index in [2.05, 4.69) is 0 Å². The summed E-state index contributed by atoms with van der Waals surface area (Å²) in [7, 11) is 0. The Kier molecular flexibility index (Phi) is 3.14. The van der Waals surface area contributed by atoms with E-state index in [-0.39, 0.29) is 12.5 Å². The van der Waals surface area contributed by atoms with Crippen molar-refractivity contribution in [2.24, 2.45) is 5.73 Å². The topological polar surface area (TPSA) is 66.6 Å². The number of hydrogen-bond acceptors (Lipinski definition) is 3. The number of benzene rings is 1. The van der Waals surface area contributed by atoms with E-state index in [9.17, 15) is 4.79 Å². The number of fused-ring (bicyclic) bond motifs is 1. The molecular weight excluding hydrogens is 228 g/mol. The first-order chi connectivity index (χ1) is 7.65. The van der Waals surface area contributed by atoms with Gasteiger partial charge in [-0.3, -0.25) is 4.79 Å². The standard InChI is InChI=1S/C11H13ClN2O2/c12-7-2-3-9-8(6-7)10(13)11(16)14(9)4-1-5-15/h2-3,6,10,15H,1,4-5,13H2. The fraction of sp³-hybridized carbons (Fsp3) is 0.364. The number of carbonyl (C=O) groups excluding carboxylic acids is 1. The SMILES string of the molecule is NC1C(=O)N(CCCO)c2ccc(Cl)cc21. The molecule has 3 N–H and O–H groups in total. The molecular formula is C11H13ClN2O2. The van der Waals surface area contributed by atoms with Crippen molar-refractivity contribution in [1.82, 2.24) is 0 Å². The van der Waals surface area contributed by atoms with Gasteiger partial charge in [-0.15, -0.1) is 0 Å². The first-order valence-electron chi connectivity index (χ1n) is 5.12. The van der Waals surface area contributed by atoms with Crippen LogP contribution < -0.4 is 10.6 Å². The van der Waals surface area contributed by atoms with Crippen LogP contribution in [0.25, 0.3) is 0 Å². The van der Waals surface area contributed by atoms with Crippen molar-refractivity contribution in [1.29, 1.82) is 0 Å². The lowest BCUT2D eigenvalue weighted by Gasteiger charge is -2.16. The lowest BCUT2D eigenvalue weighted by Crippen LogP contribution is -2.32. The molecule has 5 heteroatoms. The second-order valence-corrected chi connectivity index (χ2v) is 4.18. The molecule has 1 amide bonds. The number of hydrogen-bond donors (Lipinski definition) is 2. The van der Waals surface area contributed by atoms with Gasteiger partial charge in [-0.2, -0.15) is 0 Å². The summed E-state index contributed by atoms with van der Waals surface area (Å²) in [6, 6.07) is 4.61. The number of aliphatic hydroxyl groups is 1. The molecule has 1 aliphatic heterocycles. The Balaban J connectivity index is 2.34. The molecule has 0 fully saturated rings. The van der Waals surface area contributed by atoms with E-state index in [0.29, 0.717) is 18.0 Å². The highest BCUT2D eigenvalue weighted by Crippen LogP contribution is 2.36. The van der Waals surface area contributed by atoms with E-state index in [0.717, 1.165) is 11.3 Å². The number of carbonyl (C=O) groups is 1. The van der Waals surface area contributed by atoms with Crippen LogP contribution in [0.2, 0.25) is 5.02 Å². The molecule has 1 aliphatic rings. The number of anilines is 1. The molecule has 0 aliphatic carbocycles. The van der Waals surface area contributed by atoms with Gasteiger partial charge in [0, 0.05) is 29.4 Å². The number of halogens is 1. The van der Waals surface area contributed by atoms with Gasteiger partial charge in [0.2, 0.25) is 5.91 Å². The van der Waals surface area contributed by atoms with Crippen LogP contribution in [0.4, 0.5) is 5.69 Å². The van der Waals surface area contributed by atoms with Gasteiger partial charge in [0.1, 0.15) is 6.04 Å². The van der Waals surface area contributed by atoms with Gasteiger partial charge < -0.3 is 15.7 Å². The second kappa shape index (κ2) is 4.41. The fourth-order valence-electron chi connectivity index (χ4n) is 1.90. The minimum atomic E-state index is -0.632. The summed E-state index contributed by atoms with van der Waals surface area (Å²) in [5.41, 5.74) is 7.37. The summed E-state index contributed by atoms with van der Waals surface area (Å²) < 4.78 is 0. The molecule has 0 aromatic heterocycles. The summed E-state index contributed by atoms with van der Waals surface area (Å²) in [6.07, 6.45) is 0.542. The van der Waals surface area contributed by atoms with Crippen LogP contribution in [0.1, 0.15) is 18.0 Å². The molecule has 1 aromatic rings. The van der Waals surface area contributed by atoms with Gasteiger partial charge in [0.05, 0.1) is 0 Å². The molecule has 0 radical (unpaired) electrons. The Morgan fingerprint density at radius 3 is 2.94 bits per heavy atom. The van der Waals surface area contributed by atoms with Crippen LogP contribution >= 0.6 is 11.6 Å². The number of nitrogens with two attached hydrogens (primary N) is 1. The number of aliphatic hydroxyl groups excluding tert-OH is 1. The molecule has 16 heavy (non-hydrogen) atoms. The van der Waals surface area contributed by atoms with Gasteiger partial charge in [-0.05, 0) is 24.6 Å². The van der Waals surface area contributed by atoms with Crippen LogP contribution in [-0.2, 0) is 4.79 Å². The third kappa shape index (κ3) is 1.80. The molecule has 2 rings (SSSR count). The quantitative estimate of drug-likeness (QED) is 0.831. The lowest BCUT2D eigenvalue weighted by atomic mass is 10.1. The first-order valence-corrected chi connectivity index (χ1v) is 5.50. The molecule has 0 saturated carbocycles. The third-order valence-corrected chi connectivity index (χ3v) is 2.92. The van der Waals surface area contributed by atoms with Crippen molar-refractivity contribution in [2.45, 2.75) is 12.5 Å². The Morgan fingerprint density at radius 1 is 1.50 bits per heavy atom. The average molecular weight is 241 g/mol. The Hall–Kier alpha value is -1.10. The highest BCUT2D eigenvalue weighted by Gasteiger charge is 2.34. The summed E-state index contributed by atoms with van der Waals surface area (Å²) in [4.78, 5) is 13.5. The first kappa shape index (κ1) is 11.4. The number of amides is 1. The van der Waals surface area contributed by atoms with Gasteiger partial charge >= 0.3 is 0 Å². The van der Waals surface area contributed by atoms with Crippen LogP contribution in [0, 0.1) is 0 Å². The van der Waals surface area contributed by atoms with Gasteiger partial charge in [-0.1, -0.05) is 11.6 Å². The fourth-order valence-corrected chi connectivity index (χ4v) is 2.08. The zero-order valence-corrected chi connectivity index (χ0v) is 9.44. The highest BCUT2D eigenvalue weighted by molar-refractivity contribution is 6.31.